The van der Waals surface area contributed by atoms with Crippen molar-refractivity contribution in [2.24, 2.45) is 17.4 Å². The van der Waals surface area contributed by atoms with Gasteiger partial charge in [-0.05, 0) is 32.0 Å². The first-order chi connectivity index (χ1) is 19.4. The van der Waals surface area contributed by atoms with E-state index in [1.165, 1.54) is 9.13 Å². The molecule has 11 nitrogen and oxygen atoms in total. The molecule has 1 aromatic carbocycles. The van der Waals surface area contributed by atoms with E-state index in [1.807, 2.05) is 46.8 Å². The first kappa shape index (κ1) is 43.4. The summed E-state index contributed by atoms with van der Waals surface area (Å²) in [5, 5.41) is 13.6. The number of hydrogen-bond acceptors (Lipinski definition) is 8. The van der Waals surface area contributed by atoms with E-state index in [2.05, 4.69) is 24.5 Å². The fourth-order valence-electron chi connectivity index (χ4n) is 2.68. The number of primary amides is 1. The van der Waals surface area contributed by atoms with Crippen LogP contribution in [0.2, 0.25) is 8.73 Å². The third-order valence-corrected chi connectivity index (χ3v) is 14.5. The molecule has 0 aliphatic heterocycles. The average molecular weight is 712 g/mol. The summed E-state index contributed by atoms with van der Waals surface area (Å²) in [5.74, 6) is -1.24. The molecule has 7 N–H and O–H groups in total. The number of nitrogens with two attached hydrogens (primary N) is 2. The number of rotatable bonds is 16. The number of carboxylic acid groups (broad SMARTS) is 1. The molecule has 0 aromatic heterocycles. The summed E-state index contributed by atoms with van der Waals surface area (Å²) >= 11 is -1.83. The van der Waals surface area contributed by atoms with Crippen LogP contribution in [0.25, 0.3) is 0 Å². The van der Waals surface area contributed by atoms with Crippen molar-refractivity contribution in [1.82, 2.24) is 10.6 Å². The number of ether oxygens (including phenoxy) is 1. The van der Waals surface area contributed by atoms with E-state index in [9.17, 15) is 19.2 Å². The molecule has 3 amide bonds. The Labute approximate surface area is 256 Å². The smallest absolute Gasteiger partial charge is 0.341 e. The second-order valence-electron chi connectivity index (χ2n) is 8.82. The summed E-state index contributed by atoms with van der Waals surface area (Å²) < 4.78 is 11.6. The van der Waals surface area contributed by atoms with Gasteiger partial charge in [-0.3, -0.25) is 0 Å². The van der Waals surface area contributed by atoms with Crippen molar-refractivity contribution in [2.75, 3.05) is 26.8 Å². The number of carboxylic acids is 1. The van der Waals surface area contributed by atoms with Crippen molar-refractivity contribution in [3.63, 3.8) is 0 Å². The Morgan fingerprint density at radius 2 is 1.63 bits per heavy atom. The molecule has 0 saturated carbocycles. The van der Waals surface area contributed by atoms with Crippen LogP contribution >= 0.6 is 9.13 Å². The maximum Gasteiger partial charge on any atom is 0.341 e. The molecule has 238 valence electrons. The quantitative estimate of drug-likeness (QED) is 0.126. The van der Waals surface area contributed by atoms with Crippen LogP contribution in [0.15, 0.2) is 24.3 Å². The zero-order chi connectivity index (χ0) is 32.2. The monoisotopic (exact) mass is 710 g/mol. The summed E-state index contributed by atoms with van der Waals surface area (Å²) in [7, 11) is 3.07. The zero-order valence-electron chi connectivity index (χ0n) is 26.0. The van der Waals surface area contributed by atoms with Crippen LogP contribution in [-0.4, -0.2) is 80.5 Å². The van der Waals surface area contributed by atoms with Crippen LogP contribution in [0.3, 0.4) is 0 Å². The second kappa shape index (κ2) is 29.5. The summed E-state index contributed by atoms with van der Waals surface area (Å²) in [4.78, 5) is 45.2. The first-order valence-electron chi connectivity index (χ1n) is 13.8. The molecule has 0 heterocycles. The number of amides is 3. The third-order valence-electron chi connectivity index (χ3n) is 4.44. The van der Waals surface area contributed by atoms with Crippen molar-refractivity contribution < 1.29 is 33.2 Å². The molecule has 0 spiro atoms. The summed E-state index contributed by atoms with van der Waals surface area (Å²) in [6, 6.07) is 6.60. The maximum absolute atomic E-state index is 12.2. The number of hydrogen-bond donors (Lipinski definition) is 5. The molecule has 0 radical (unpaired) electrons. The van der Waals surface area contributed by atoms with Gasteiger partial charge in [0.1, 0.15) is 5.75 Å². The summed E-state index contributed by atoms with van der Waals surface area (Å²) in [5.41, 5.74) is 11.2. The Kier molecular flexibility index (Phi) is 31.2. The van der Waals surface area contributed by atoms with Gasteiger partial charge in [-0.2, -0.15) is 0 Å². The van der Waals surface area contributed by atoms with Crippen LogP contribution in [0.1, 0.15) is 66.4 Å². The van der Waals surface area contributed by atoms with Crippen LogP contribution in [-0.2, 0) is 23.4 Å². The van der Waals surface area contributed by atoms with Gasteiger partial charge < -0.3 is 15.6 Å². The molecular weight excluding hydrogens is 658 g/mol. The van der Waals surface area contributed by atoms with E-state index in [1.54, 1.807) is 19.2 Å². The molecule has 0 aliphatic rings. The van der Waals surface area contributed by atoms with Crippen LogP contribution < -0.4 is 26.8 Å². The standard InChI is InChI=1S/C10H18N3O3.C9H10O3.C3H9N.C3H7.C2H6.CH4OS.Sb/c1-6(2)4-8(13-7(3)14)10(16)12-5-9(11)15;1-7-2-4-8(5-3-7)12-6-9(10)11;1-2-3-4;1-3-2;1-2;1-2-3;/h6,8H,3-5H2,1-2H3,(H2,11,15)(H,12,16)(H,13,14);2-5H,6H2,1H3,(H,10,11);2-4H2,1H3;1,3H2,2H3;1-2H3;3H,1H3;/q;;;;;;+1/p-1. The minimum Gasteiger partial charge on any atom is -0.482 e. The van der Waals surface area contributed by atoms with Crippen LogP contribution in [0.4, 0.5) is 0 Å². The number of aliphatic carboxylic acids is 1. The first-order valence-corrected chi connectivity index (χ1v) is 21.3. The topological polar surface area (TPSA) is 183 Å². The Hall–Kier alpha value is -2.01. The molecule has 1 unspecified atom stereocenters. The van der Waals surface area contributed by atoms with Crippen molar-refractivity contribution in [2.45, 2.75) is 82.5 Å². The molecule has 1 rings (SSSR count). The number of benzene rings is 1. The van der Waals surface area contributed by atoms with Gasteiger partial charge in [0, 0.05) is 0 Å². The van der Waals surface area contributed by atoms with Gasteiger partial charge in [0.25, 0.3) is 0 Å². The number of aryl methyl sites for hydroxylation is 1. The normalized spacial score (nSPS) is 10.5. The Morgan fingerprint density at radius 3 is 2.05 bits per heavy atom. The van der Waals surface area contributed by atoms with Gasteiger partial charge >= 0.3 is 155 Å². The molecule has 0 bridgehead atoms. The number of carbonyl (C=O) groups excluding carboxylic acids is 3. The van der Waals surface area contributed by atoms with E-state index in [4.69, 9.17) is 25.5 Å². The van der Waals surface area contributed by atoms with Crippen molar-refractivity contribution in [1.29, 1.82) is 0 Å². The molecule has 1 atom stereocenters. The molecule has 13 heteroatoms. The van der Waals surface area contributed by atoms with Crippen molar-refractivity contribution >= 4 is 51.6 Å². The second-order valence-corrected chi connectivity index (χ2v) is 19.0. The van der Waals surface area contributed by atoms with E-state index >= 15 is 0 Å². The van der Waals surface area contributed by atoms with E-state index < -0.39 is 36.7 Å². The Morgan fingerprint density at radius 1 is 1.07 bits per heavy atom. The number of nitrogens with one attached hydrogen (secondary N) is 2. The van der Waals surface area contributed by atoms with Gasteiger partial charge in [-0.25, -0.2) is 4.79 Å². The largest absolute Gasteiger partial charge is 0.482 e. The van der Waals surface area contributed by atoms with Gasteiger partial charge in [0.05, 0.1) is 0 Å². The van der Waals surface area contributed by atoms with Gasteiger partial charge in [-0.1, -0.05) is 38.5 Å². The molecule has 0 fully saturated rings. The predicted octanol–water partition coefficient (Wildman–Crippen LogP) is 3.65. The third kappa shape index (κ3) is 29.3. The van der Waals surface area contributed by atoms with Crippen molar-refractivity contribution in [3.05, 3.63) is 29.8 Å². The minimum atomic E-state index is -1.83. The maximum atomic E-state index is 12.2. The summed E-state index contributed by atoms with van der Waals surface area (Å²) in [6.07, 6.45) is 2.64. The minimum absolute atomic E-state index is 0.120. The molecule has 0 aliphatic carbocycles. The van der Waals surface area contributed by atoms with E-state index in [-0.39, 0.29) is 30.9 Å². The predicted molar refractivity (Wildman–Crippen MR) is 169 cm³/mol. The molecular formula is C28H53N4O7SSb. The summed E-state index contributed by atoms with van der Waals surface area (Å²) in [6.45, 7) is 14.4. The van der Waals surface area contributed by atoms with E-state index in [0.717, 1.165) is 29.3 Å². The SMILES string of the molecule is CC.CCCN.CC[CH2][Sb]([CH2]C(=O)NC(CC(C)C)C(=O)NCC(N)=O)[S]OC.Cc1ccc(OCC(=O)O)cc1. The van der Waals surface area contributed by atoms with E-state index in [0.29, 0.717) is 16.5 Å². The Balaban J connectivity index is -0.000000662. The Bertz CT molecular complexity index is 822. The van der Waals surface area contributed by atoms with Crippen LogP contribution in [0.5, 0.6) is 5.75 Å². The van der Waals surface area contributed by atoms with Gasteiger partial charge in [-0.15, -0.1) is 0 Å². The van der Waals surface area contributed by atoms with Crippen molar-refractivity contribution in [3.8, 4) is 5.75 Å². The average Bonchev–Trinajstić information content (AvgIpc) is 2.92. The molecule has 41 heavy (non-hydrogen) atoms. The van der Waals surface area contributed by atoms with Gasteiger partial charge in [0.2, 0.25) is 0 Å². The fraction of sp³-hybridized carbons (Fsp3) is 0.643. The fourth-order valence-corrected chi connectivity index (χ4v) is 11.0. The molecule has 0 saturated heterocycles. The van der Waals surface area contributed by atoms with Gasteiger partial charge in [0.15, 0.2) is 6.61 Å². The zero-order valence-corrected chi connectivity index (χ0v) is 29.4. The molecule has 1 aromatic rings. The number of carbonyl (C=O) groups is 4. The van der Waals surface area contributed by atoms with Crippen LogP contribution in [0, 0.1) is 12.8 Å².